The summed E-state index contributed by atoms with van der Waals surface area (Å²) in [7, 11) is 0. The Kier molecular flexibility index (Phi) is 5.61. The van der Waals surface area contributed by atoms with Gasteiger partial charge in [0.15, 0.2) is 5.82 Å². The number of anilines is 3. The summed E-state index contributed by atoms with van der Waals surface area (Å²) in [4.78, 5) is 25.4. The summed E-state index contributed by atoms with van der Waals surface area (Å²) in [6, 6.07) is 7.40. The molecule has 0 saturated carbocycles. The second-order valence-electron chi connectivity index (χ2n) is 4.86. The van der Waals surface area contributed by atoms with Crippen LogP contribution >= 0.6 is 0 Å². The van der Waals surface area contributed by atoms with Crippen LogP contribution in [-0.2, 0) is 4.79 Å². The van der Waals surface area contributed by atoms with Gasteiger partial charge in [-0.05, 0) is 18.2 Å². The summed E-state index contributed by atoms with van der Waals surface area (Å²) in [5, 5.41) is 19.1. The van der Waals surface area contributed by atoms with Gasteiger partial charge in [-0.25, -0.2) is 9.37 Å². The highest BCUT2D eigenvalue weighted by molar-refractivity contribution is 5.92. The molecule has 3 N–H and O–H groups in total. The quantitative estimate of drug-likeness (QED) is 0.408. The summed E-state index contributed by atoms with van der Waals surface area (Å²) in [5.74, 6) is -0.566. The number of hydrogen-bond donors (Lipinski definition) is 3. The van der Waals surface area contributed by atoms with Gasteiger partial charge in [-0.2, -0.15) is 0 Å². The molecule has 0 aliphatic heterocycles. The molecule has 0 saturated heterocycles. The lowest BCUT2D eigenvalue weighted by Gasteiger charge is -2.11. The van der Waals surface area contributed by atoms with E-state index in [1.54, 1.807) is 18.3 Å². The van der Waals surface area contributed by atoms with Gasteiger partial charge in [-0.3, -0.25) is 14.9 Å². The lowest BCUT2D eigenvalue weighted by molar-refractivity contribution is -0.384. The fraction of sp³-hybridized carbons (Fsp3) is 0.200. The Morgan fingerprint density at radius 2 is 2.00 bits per heavy atom. The van der Waals surface area contributed by atoms with Gasteiger partial charge < -0.3 is 16.0 Å². The number of pyridine rings is 1. The minimum atomic E-state index is -0.770. The zero-order chi connectivity index (χ0) is 17.5. The van der Waals surface area contributed by atoms with Crippen LogP contribution in [0.1, 0.15) is 6.92 Å². The lowest BCUT2D eigenvalue weighted by atomic mass is 10.2. The predicted octanol–water partition coefficient (Wildman–Crippen LogP) is 2.61. The van der Waals surface area contributed by atoms with Crippen molar-refractivity contribution in [2.24, 2.45) is 0 Å². The predicted molar refractivity (Wildman–Crippen MR) is 88.6 cm³/mol. The third-order valence-electron chi connectivity index (χ3n) is 3.00. The van der Waals surface area contributed by atoms with E-state index in [9.17, 15) is 19.3 Å². The zero-order valence-corrected chi connectivity index (χ0v) is 12.9. The first-order valence-electron chi connectivity index (χ1n) is 7.11. The van der Waals surface area contributed by atoms with Crippen LogP contribution in [0.15, 0.2) is 36.5 Å². The maximum atomic E-state index is 14.0. The van der Waals surface area contributed by atoms with Crippen molar-refractivity contribution in [2.45, 2.75) is 6.92 Å². The first-order valence-corrected chi connectivity index (χ1v) is 7.11. The number of hydrogen-bond acceptors (Lipinski definition) is 6. The monoisotopic (exact) mass is 333 g/mol. The number of nitrogens with zero attached hydrogens (tertiary/aromatic N) is 2. The Labute approximate surface area is 137 Å². The molecule has 24 heavy (non-hydrogen) atoms. The van der Waals surface area contributed by atoms with Gasteiger partial charge in [0.2, 0.25) is 5.91 Å². The van der Waals surface area contributed by atoms with E-state index in [0.29, 0.717) is 18.9 Å². The molecule has 1 amide bonds. The number of carbonyl (C=O) groups excluding carboxylic acids is 1. The van der Waals surface area contributed by atoms with Crippen molar-refractivity contribution in [1.29, 1.82) is 0 Å². The van der Waals surface area contributed by atoms with E-state index in [4.69, 9.17) is 0 Å². The van der Waals surface area contributed by atoms with Crippen molar-refractivity contribution >= 4 is 28.8 Å². The molecule has 1 aromatic carbocycles. The van der Waals surface area contributed by atoms with Crippen LogP contribution in [0.5, 0.6) is 0 Å². The van der Waals surface area contributed by atoms with Crippen molar-refractivity contribution in [2.75, 3.05) is 29.0 Å². The molecule has 2 aromatic rings. The molecule has 2 rings (SSSR count). The molecule has 1 heterocycles. The van der Waals surface area contributed by atoms with E-state index in [1.807, 2.05) is 6.07 Å². The van der Waals surface area contributed by atoms with Gasteiger partial charge in [0.05, 0.1) is 16.7 Å². The fourth-order valence-corrected chi connectivity index (χ4v) is 1.99. The summed E-state index contributed by atoms with van der Waals surface area (Å²) < 4.78 is 14.0. The zero-order valence-electron chi connectivity index (χ0n) is 12.9. The molecule has 0 spiro atoms. The summed E-state index contributed by atoms with van der Waals surface area (Å²) in [6.45, 7) is 2.03. The standard InChI is InChI=1S/C15H16FN5O3/c1-10(22)20-13-9-12(11(16)8-14(13)21(23)24)17-6-7-19-15-4-2-3-5-18-15/h2-5,8-9,17H,6-7H2,1H3,(H,18,19)(H,20,22). The molecular formula is C15H16FN5O3. The normalized spacial score (nSPS) is 10.1. The molecule has 0 aliphatic carbocycles. The van der Waals surface area contributed by atoms with Crippen LogP contribution in [0.25, 0.3) is 0 Å². The highest BCUT2D eigenvalue weighted by atomic mass is 19.1. The molecule has 0 bridgehead atoms. The molecule has 0 fully saturated rings. The van der Waals surface area contributed by atoms with Crippen LogP contribution in [0, 0.1) is 15.9 Å². The second kappa shape index (κ2) is 7.86. The lowest BCUT2D eigenvalue weighted by Crippen LogP contribution is -2.15. The smallest absolute Gasteiger partial charge is 0.295 e. The van der Waals surface area contributed by atoms with Crippen molar-refractivity contribution in [3.63, 3.8) is 0 Å². The number of halogens is 1. The van der Waals surface area contributed by atoms with Crippen LogP contribution < -0.4 is 16.0 Å². The van der Waals surface area contributed by atoms with E-state index in [2.05, 4.69) is 20.9 Å². The summed E-state index contributed by atoms with van der Waals surface area (Å²) in [5.41, 5.74) is -0.499. The Hall–Kier alpha value is -3.23. The SMILES string of the molecule is CC(=O)Nc1cc(NCCNc2ccccn2)c(F)cc1[N+](=O)[O-]. The van der Waals surface area contributed by atoms with Crippen molar-refractivity contribution < 1.29 is 14.1 Å². The van der Waals surface area contributed by atoms with Crippen LogP contribution in [0.3, 0.4) is 0 Å². The Balaban J connectivity index is 2.03. The van der Waals surface area contributed by atoms with Crippen LogP contribution in [-0.4, -0.2) is 28.9 Å². The van der Waals surface area contributed by atoms with E-state index < -0.39 is 22.3 Å². The molecule has 9 heteroatoms. The van der Waals surface area contributed by atoms with Gasteiger partial charge in [-0.15, -0.1) is 0 Å². The van der Waals surface area contributed by atoms with Crippen LogP contribution in [0.4, 0.5) is 27.3 Å². The Morgan fingerprint density at radius 3 is 2.62 bits per heavy atom. The fourth-order valence-electron chi connectivity index (χ4n) is 1.99. The molecule has 0 radical (unpaired) electrons. The number of nitro benzene ring substituents is 1. The van der Waals surface area contributed by atoms with E-state index in [1.165, 1.54) is 13.0 Å². The number of rotatable bonds is 7. The number of aromatic nitrogens is 1. The topological polar surface area (TPSA) is 109 Å². The first kappa shape index (κ1) is 17.1. The largest absolute Gasteiger partial charge is 0.381 e. The van der Waals surface area contributed by atoms with Gasteiger partial charge in [-0.1, -0.05) is 6.07 Å². The molecule has 126 valence electrons. The maximum absolute atomic E-state index is 14.0. The minimum Gasteiger partial charge on any atom is -0.381 e. The van der Waals surface area contributed by atoms with Gasteiger partial charge in [0, 0.05) is 26.2 Å². The number of amides is 1. The Morgan fingerprint density at radius 1 is 1.25 bits per heavy atom. The van der Waals surface area contributed by atoms with Gasteiger partial charge >= 0.3 is 0 Å². The van der Waals surface area contributed by atoms with E-state index >= 15 is 0 Å². The minimum absolute atomic E-state index is 0.0610. The third kappa shape index (κ3) is 4.63. The van der Waals surface area contributed by atoms with E-state index in [0.717, 1.165) is 6.07 Å². The average Bonchev–Trinajstić information content (AvgIpc) is 2.54. The number of nitro groups is 1. The second-order valence-corrected chi connectivity index (χ2v) is 4.86. The summed E-state index contributed by atoms with van der Waals surface area (Å²) in [6.07, 6.45) is 1.64. The first-order chi connectivity index (χ1) is 11.5. The highest BCUT2D eigenvalue weighted by Crippen LogP contribution is 2.30. The molecule has 1 aromatic heterocycles. The Bertz CT molecular complexity index is 739. The summed E-state index contributed by atoms with van der Waals surface area (Å²) >= 11 is 0. The van der Waals surface area contributed by atoms with Crippen molar-refractivity contribution in [1.82, 2.24) is 4.98 Å². The molecule has 8 nitrogen and oxygen atoms in total. The number of carbonyl (C=O) groups is 1. The average molecular weight is 333 g/mol. The van der Waals surface area contributed by atoms with E-state index in [-0.39, 0.29) is 11.4 Å². The van der Waals surface area contributed by atoms with Gasteiger partial charge in [0.1, 0.15) is 11.5 Å². The number of nitrogens with one attached hydrogen (secondary N) is 3. The molecule has 0 atom stereocenters. The maximum Gasteiger partial charge on any atom is 0.295 e. The molecular weight excluding hydrogens is 317 g/mol. The van der Waals surface area contributed by atoms with Crippen LogP contribution in [0.2, 0.25) is 0 Å². The number of benzene rings is 1. The third-order valence-corrected chi connectivity index (χ3v) is 3.00. The van der Waals surface area contributed by atoms with Gasteiger partial charge in [0.25, 0.3) is 5.69 Å². The van der Waals surface area contributed by atoms with Crippen molar-refractivity contribution in [3.05, 3.63) is 52.5 Å². The van der Waals surface area contributed by atoms with Crippen molar-refractivity contribution in [3.8, 4) is 0 Å². The highest BCUT2D eigenvalue weighted by Gasteiger charge is 2.19. The molecule has 0 aliphatic rings. The molecule has 0 unspecified atom stereocenters.